The molecule has 0 aliphatic carbocycles. The van der Waals surface area contributed by atoms with Crippen molar-refractivity contribution in [3.05, 3.63) is 101 Å². The van der Waals surface area contributed by atoms with Crippen LogP contribution in [0.25, 0.3) is 22.2 Å². The van der Waals surface area contributed by atoms with Crippen LogP contribution in [0.15, 0.2) is 90.0 Å². The molecule has 29 heavy (non-hydrogen) atoms. The van der Waals surface area contributed by atoms with Crippen LogP contribution in [-0.2, 0) is 0 Å². The zero-order valence-electron chi connectivity index (χ0n) is 15.8. The van der Waals surface area contributed by atoms with Gasteiger partial charge in [-0.3, -0.25) is 4.79 Å². The van der Waals surface area contributed by atoms with E-state index in [0.29, 0.717) is 16.3 Å². The summed E-state index contributed by atoms with van der Waals surface area (Å²) in [5.41, 5.74) is 7.24. The van der Waals surface area contributed by atoms with Crippen LogP contribution in [-0.4, -0.2) is 16.6 Å². The fraction of sp³-hybridized carbons (Fsp3) is 0.0417. The van der Waals surface area contributed by atoms with Crippen molar-refractivity contribution in [2.24, 2.45) is 5.10 Å². The van der Waals surface area contributed by atoms with Crippen molar-refractivity contribution in [2.75, 3.05) is 0 Å². The number of nitrogens with one attached hydrogen (secondary N) is 1. The Morgan fingerprint density at radius 1 is 0.931 bits per heavy atom. The summed E-state index contributed by atoms with van der Waals surface area (Å²) in [6.45, 7) is 1.84. The van der Waals surface area contributed by atoms with E-state index in [-0.39, 0.29) is 5.91 Å². The Balaban J connectivity index is 1.69. The average Bonchev–Trinajstić information content (AvgIpc) is 2.77. The van der Waals surface area contributed by atoms with Gasteiger partial charge in [0.1, 0.15) is 0 Å². The summed E-state index contributed by atoms with van der Waals surface area (Å²) in [6.07, 6.45) is 0. The quantitative estimate of drug-likeness (QED) is 0.353. The van der Waals surface area contributed by atoms with Gasteiger partial charge in [0, 0.05) is 16.0 Å². The van der Waals surface area contributed by atoms with E-state index < -0.39 is 0 Å². The summed E-state index contributed by atoms with van der Waals surface area (Å²) in [7, 11) is 0. The molecule has 4 rings (SSSR count). The number of pyridine rings is 1. The van der Waals surface area contributed by atoms with Gasteiger partial charge in [-0.25, -0.2) is 10.4 Å². The first kappa shape index (κ1) is 18.8. The number of hydrogen-bond donors (Lipinski definition) is 1. The fourth-order valence-corrected chi connectivity index (χ4v) is 3.20. The number of rotatable bonds is 4. The van der Waals surface area contributed by atoms with Crippen LogP contribution < -0.4 is 5.43 Å². The van der Waals surface area contributed by atoms with Gasteiger partial charge in [0.15, 0.2) is 0 Å². The smallest absolute Gasteiger partial charge is 0.267 e. The molecule has 0 unspecified atom stereocenters. The van der Waals surface area contributed by atoms with Crippen LogP contribution in [0.4, 0.5) is 0 Å². The maximum atomic E-state index is 13.0. The minimum atomic E-state index is -0.283. The molecule has 1 aromatic heterocycles. The van der Waals surface area contributed by atoms with Gasteiger partial charge in [0.05, 0.1) is 22.5 Å². The highest BCUT2D eigenvalue weighted by molar-refractivity contribution is 6.30. The van der Waals surface area contributed by atoms with Crippen molar-refractivity contribution in [1.29, 1.82) is 0 Å². The maximum Gasteiger partial charge on any atom is 0.272 e. The lowest BCUT2D eigenvalue weighted by Gasteiger charge is -2.09. The molecule has 1 N–H and O–H groups in total. The van der Waals surface area contributed by atoms with E-state index in [1.54, 1.807) is 18.2 Å². The first-order valence-electron chi connectivity index (χ1n) is 9.17. The van der Waals surface area contributed by atoms with Gasteiger partial charge >= 0.3 is 0 Å². The molecule has 1 amide bonds. The highest BCUT2D eigenvalue weighted by atomic mass is 35.5. The molecule has 1 heterocycles. The van der Waals surface area contributed by atoms with Gasteiger partial charge in [-0.2, -0.15) is 5.10 Å². The lowest BCUT2D eigenvalue weighted by Crippen LogP contribution is -2.20. The predicted octanol–water partition coefficient (Wildman–Crippen LogP) is 5.71. The Morgan fingerprint density at radius 2 is 1.62 bits per heavy atom. The van der Waals surface area contributed by atoms with Gasteiger partial charge < -0.3 is 0 Å². The summed E-state index contributed by atoms with van der Waals surface area (Å²) < 4.78 is 0. The Kier molecular flexibility index (Phi) is 5.36. The van der Waals surface area contributed by atoms with E-state index in [1.807, 2.05) is 73.7 Å². The molecule has 0 saturated carbocycles. The summed E-state index contributed by atoms with van der Waals surface area (Å²) in [5.74, 6) is -0.283. The molecule has 5 heteroatoms. The van der Waals surface area contributed by atoms with Crippen LogP contribution in [0.3, 0.4) is 0 Å². The first-order chi connectivity index (χ1) is 14.1. The van der Waals surface area contributed by atoms with E-state index in [1.165, 1.54) is 0 Å². The highest BCUT2D eigenvalue weighted by Crippen LogP contribution is 2.24. The molecule has 0 saturated heterocycles. The summed E-state index contributed by atoms with van der Waals surface area (Å²) >= 11 is 5.93. The van der Waals surface area contributed by atoms with Gasteiger partial charge in [-0.1, -0.05) is 72.3 Å². The number of carbonyl (C=O) groups is 1. The number of hydrazone groups is 1. The number of hydrogen-bond acceptors (Lipinski definition) is 3. The van der Waals surface area contributed by atoms with Gasteiger partial charge in [0.2, 0.25) is 0 Å². The molecule has 0 fully saturated rings. The second-order valence-electron chi connectivity index (χ2n) is 6.58. The largest absolute Gasteiger partial charge is 0.272 e. The van der Waals surface area contributed by atoms with E-state index in [2.05, 4.69) is 10.5 Å². The SMILES string of the molecule is CC(=NNC(=O)c1cc(-c2ccccc2)nc2ccccc12)c1ccc(Cl)cc1. The Bertz CT molecular complexity index is 1200. The summed E-state index contributed by atoms with van der Waals surface area (Å²) in [5, 5.41) is 5.70. The second-order valence-corrected chi connectivity index (χ2v) is 7.02. The minimum absolute atomic E-state index is 0.283. The molecular weight excluding hydrogens is 382 g/mol. The van der Waals surface area contributed by atoms with Crippen molar-refractivity contribution in [1.82, 2.24) is 10.4 Å². The molecule has 3 aromatic carbocycles. The van der Waals surface area contributed by atoms with Crippen LogP contribution in [0.2, 0.25) is 5.02 Å². The lowest BCUT2D eigenvalue weighted by atomic mass is 10.0. The number of amides is 1. The van der Waals surface area contributed by atoms with Gasteiger partial charge in [-0.15, -0.1) is 0 Å². The summed E-state index contributed by atoms with van der Waals surface area (Å²) in [4.78, 5) is 17.7. The van der Waals surface area contributed by atoms with Crippen molar-refractivity contribution >= 4 is 34.1 Å². The third-order valence-electron chi connectivity index (χ3n) is 4.62. The zero-order chi connectivity index (χ0) is 20.2. The molecular formula is C24H18ClN3O. The minimum Gasteiger partial charge on any atom is -0.267 e. The van der Waals surface area contributed by atoms with Crippen LogP contribution >= 0.6 is 11.6 Å². The molecule has 0 spiro atoms. The number of para-hydroxylation sites is 1. The fourth-order valence-electron chi connectivity index (χ4n) is 3.07. The summed E-state index contributed by atoms with van der Waals surface area (Å²) in [6, 6.07) is 26.5. The molecule has 4 nitrogen and oxygen atoms in total. The van der Waals surface area contributed by atoms with E-state index in [0.717, 1.165) is 27.7 Å². The Labute approximate surface area is 173 Å². The molecule has 4 aromatic rings. The Hall–Kier alpha value is -3.50. The van der Waals surface area contributed by atoms with Crippen LogP contribution in [0.5, 0.6) is 0 Å². The van der Waals surface area contributed by atoms with Crippen molar-refractivity contribution in [3.63, 3.8) is 0 Å². The molecule has 0 aliphatic heterocycles. The zero-order valence-corrected chi connectivity index (χ0v) is 16.5. The third-order valence-corrected chi connectivity index (χ3v) is 4.87. The molecule has 0 bridgehead atoms. The number of benzene rings is 3. The van der Waals surface area contributed by atoms with Gasteiger partial charge in [-0.05, 0) is 36.8 Å². The van der Waals surface area contributed by atoms with Crippen molar-refractivity contribution in [3.8, 4) is 11.3 Å². The van der Waals surface area contributed by atoms with Crippen LogP contribution in [0, 0.1) is 0 Å². The van der Waals surface area contributed by atoms with E-state index >= 15 is 0 Å². The van der Waals surface area contributed by atoms with E-state index in [4.69, 9.17) is 16.6 Å². The second kappa shape index (κ2) is 8.25. The first-order valence-corrected chi connectivity index (χ1v) is 9.55. The monoisotopic (exact) mass is 399 g/mol. The molecule has 0 atom stereocenters. The maximum absolute atomic E-state index is 13.0. The predicted molar refractivity (Wildman–Crippen MR) is 118 cm³/mol. The lowest BCUT2D eigenvalue weighted by molar-refractivity contribution is 0.0956. The van der Waals surface area contributed by atoms with E-state index in [9.17, 15) is 4.79 Å². The topological polar surface area (TPSA) is 54.4 Å². The molecule has 0 aliphatic rings. The number of fused-ring (bicyclic) bond motifs is 1. The molecule has 0 radical (unpaired) electrons. The number of halogens is 1. The van der Waals surface area contributed by atoms with Gasteiger partial charge in [0.25, 0.3) is 5.91 Å². The standard InChI is InChI=1S/C24H18ClN3O/c1-16(17-11-13-19(25)14-12-17)27-28-24(29)21-15-23(18-7-3-2-4-8-18)26-22-10-6-5-9-20(21)22/h2-15H,1H3,(H,28,29). The average molecular weight is 400 g/mol. The van der Waals surface area contributed by atoms with Crippen molar-refractivity contribution < 1.29 is 4.79 Å². The number of nitrogens with zero attached hydrogens (tertiary/aromatic N) is 2. The number of carbonyl (C=O) groups excluding carboxylic acids is 1. The Morgan fingerprint density at radius 3 is 2.38 bits per heavy atom. The third kappa shape index (κ3) is 4.18. The normalized spacial score (nSPS) is 11.4. The van der Waals surface area contributed by atoms with Crippen molar-refractivity contribution in [2.45, 2.75) is 6.92 Å². The number of aromatic nitrogens is 1. The van der Waals surface area contributed by atoms with Crippen LogP contribution in [0.1, 0.15) is 22.8 Å². The highest BCUT2D eigenvalue weighted by Gasteiger charge is 2.13. The molecule has 142 valence electrons.